The van der Waals surface area contributed by atoms with Gasteiger partial charge in [0.15, 0.2) is 5.13 Å². The number of amides is 1. The number of carbonyl (C=O) groups excluding carboxylic acids is 1. The molecule has 7 heteroatoms. The summed E-state index contributed by atoms with van der Waals surface area (Å²) in [6.07, 6.45) is 0. The van der Waals surface area contributed by atoms with Crippen molar-refractivity contribution in [3.63, 3.8) is 0 Å². The molecule has 1 amide bonds. The van der Waals surface area contributed by atoms with Crippen molar-refractivity contribution in [1.82, 2.24) is 4.98 Å². The molecular weight excluding hydrogens is 387 g/mol. The highest BCUT2D eigenvalue weighted by Crippen LogP contribution is 2.32. The van der Waals surface area contributed by atoms with Crippen molar-refractivity contribution in [3.05, 3.63) is 68.0 Å². The van der Waals surface area contributed by atoms with Gasteiger partial charge in [-0.15, -0.1) is 11.3 Å². The van der Waals surface area contributed by atoms with Crippen molar-refractivity contribution in [2.75, 3.05) is 5.32 Å². The van der Waals surface area contributed by atoms with E-state index in [1.807, 2.05) is 36.6 Å². The Labute approximate surface area is 158 Å². The van der Waals surface area contributed by atoms with E-state index in [4.69, 9.17) is 34.8 Å². The zero-order chi connectivity index (χ0) is 17.3. The summed E-state index contributed by atoms with van der Waals surface area (Å²) < 4.78 is 0. The molecule has 3 nitrogen and oxygen atoms in total. The highest BCUT2D eigenvalue weighted by Gasteiger charge is 2.18. The van der Waals surface area contributed by atoms with E-state index in [1.165, 1.54) is 23.0 Å². The van der Waals surface area contributed by atoms with Crippen LogP contribution in [0.2, 0.25) is 15.1 Å². The van der Waals surface area contributed by atoms with Crippen LogP contribution in [0.15, 0.2) is 41.8 Å². The second-order valence-corrected chi connectivity index (χ2v) is 7.13. The van der Waals surface area contributed by atoms with Crippen LogP contribution in [-0.4, -0.2) is 10.9 Å². The van der Waals surface area contributed by atoms with Gasteiger partial charge in [0.25, 0.3) is 5.91 Å². The summed E-state index contributed by atoms with van der Waals surface area (Å²) >= 11 is 19.4. The third kappa shape index (κ3) is 3.57. The minimum absolute atomic E-state index is 0.122. The second kappa shape index (κ2) is 7.11. The molecule has 2 aromatic carbocycles. The summed E-state index contributed by atoms with van der Waals surface area (Å²) in [5.41, 5.74) is 3.08. The van der Waals surface area contributed by atoms with Crippen LogP contribution in [-0.2, 0) is 0 Å². The SMILES string of the molecule is Cc1ccc(-c2csc(NC(=O)c3c(Cl)ccc(Cl)c3Cl)n2)cc1. The predicted octanol–water partition coefficient (Wildman–Crippen LogP) is 6.33. The predicted molar refractivity (Wildman–Crippen MR) is 102 cm³/mol. The summed E-state index contributed by atoms with van der Waals surface area (Å²) in [5.74, 6) is -0.447. The van der Waals surface area contributed by atoms with Gasteiger partial charge in [0, 0.05) is 10.9 Å². The van der Waals surface area contributed by atoms with Crippen LogP contribution in [0.3, 0.4) is 0 Å². The fourth-order valence-corrected chi connectivity index (χ4v) is 3.50. The van der Waals surface area contributed by atoms with Gasteiger partial charge in [-0.1, -0.05) is 64.6 Å². The smallest absolute Gasteiger partial charge is 0.260 e. The van der Waals surface area contributed by atoms with Crippen LogP contribution in [0.1, 0.15) is 15.9 Å². The Balaban J connectivity index is 1.84. The molecule has 0 aliphatic rings. The molecule has 0 fully saturated rings. The van der Waals surface area contributed by atoms with E-state index in [2.05, 4.69) is 10.3 Å². The molecule has 3 rings (SSSR count). The van der Waals surface area contributed by atoms with Gasteiger partial charge in [0.2, 0.25) is 0 Å². The maximum atomic E-state index is 12.4. The highest BCUT2D eigenvalue weighted by atomic mass is 35.5. The minimum atomic E-state index is -0.447. The molecule has 0 aliphatic carbocycles. The average molecular weight is 398 g/mol. The quantitative estimate of drug-likeness (QED) is 0.525. The molecule has 24 heavy (non-hydrogen) atoms. The van der Waals surface area contributed by atoms with Gasteiger partial charge < -0.3 is 0 Å². The van der Waals surface area contributed by atoms with Gasteiger partial charge >= 0.3 is 0 Å². The van der Waals surface area contributed by atoms with Gasteiger partial charge in [0.05, 0.1) is 26.3 Å². The Morgan fingerprint density at radius 2 is 1.71 bits per heavy atom. The average Bonchev–Trinajstić information content (AvgIpc) is 3.00. The van der Waals surface area contributed by atoms with Crippen LogP contribution < -0.4 is 5.32 Å². The lowest BCUT2D eigenvalue weighted by Crippen LogP contribution is -2.13. The molecule has 1 aromatic heterocycles. The Hall–Kier alpha value is -1.59. The van der Waals surface area contributed by atoms with E-state index in [0.717, 1.165) is 11.3 Å². The molecule has 0 saturated carbocycles. The zero-order valence-electron chi connectivity index (χ0n) is 12.4. The third-order valence-corrected chi connectivity index (χ3v) is 5.22. The van der Waals surface area contributed by atoms with E-state index in [0.29, 0.717) is 5.13 Å². The molecule has 0 unspecified atom stereocenters. The molecule has 0 saturated heterocycles. The summed E-state index contributed by atoms with van der Waals surface area (Å²) in [4.78, 5) is 16.9. The lowest BCUT2D eigenvalue weighted by Gasteiger charge is -2.07. The summed E-state index contributed by atoms with van der Waals surface area (Å²) in [6.45, 7) is 2.02. The van der Waals surface area contributed by atoms with Crippen molar-refractivity contribution >= 4 is 57.2 Å². The standard InChI is InChI=1S/C17H11Cl3N2OS/c1-9-2-4-10(5-3-9)13-8-24-17(21-13)22-16(23)14-11(18)6-7-12(19)15(14)20/h2-8H,1H3,(H,21,22,23). The maximum absolute atomic E-state index is 12.4. The molecule has 3 aromatic rings. The first-order valence-electron chi connectivity index (χ1n) is 6.93. The molecule has 0 atom stereocenters. The first kappa shape index (κ1) is 17.2. The number of hydrogen-bond acceptors (Lipinski definition) is 3. The van der Waals surface area contributed by atoms with E-state index < -0.39 is 5.91 Å². The monoisotopic (exact) mass is 396 g/mol. The number of aromatic nitrogens is 1. The fourth-order valence-electron chi connectivity index (χ4n) is 2.08. The number of hydrogen-bond donors (Lipinski definition) is 1. The minimum Gasteiger partial charge on any atom is -0.298 e. The van der Waals surface area contributed by atoms with E-state index in [-0.39, 0.29) is 20.6 Å². The van der Waals surface area contributed by atoms with Gasteiger partial charge in [-0.25, -0.2) is 4.98 Å². The molecule has 0 bridgehead atoms. The van der Waals surface area contributed by atoms with Crippen molar-refractivity contribution in [3.8, 4) is 11.3 Å². The molecular formula is C17H11Cl3N2OS. The summed E-state index contributed by atoms with van der Waals surface area (Å²) in [5, 5.41) is 5.67. The van der Waals surface area contributed by atoms with Crippen molar-refractivity contribution in [2.45, 2.75) is 6.92 Å². The lowest BCUT2D eigenvalue weighted by atomic mass is 10.1. The van der Waals surface area contributed by atoms with Crippen LogP contribution in [0.5, 0.6) is 0 Å². The van der Waals surface area contributed by atoms with Crippen molar-refractivity contribution < 1.29 is 4.79 Å². The lowest BCUT2D eigenvalue weighted by molar-refractivity contribution is 0.102. The van der Waals surface area contributed by atoms with Gasteiger partial charge in [-0.2, -0.15) is 0 Å². The van der Waals surface area contributed by atoms with Gasteiger partial charge in [0.1, 0.15) is 0 Å². The number of anilines is 1. The number of rotatable bonds is 3. The molecule has 0 aliphatic heterocycles. The Morgan fingerprint density at radius 3 is 2.42 bits per heavy atom. The molecule has 0 spiro atoms. The topological polar surface area (TPSA) is 42.0 Å². The number of halogens is 3. The normalized spacial score (nSPS) is 10.7. The number of benzene rings is 2. The molecule has 0 radical (unpaired) electrons. The van der Waals surface area contributed by atoms with Crippen LogP contribution >= 0.6 is 46.1 Å². The molecule has 122 valence electrons. The van der Waals surface area contributed by atoms with Crippen LogP contribution in [0.4, 0.5) is 5.13 Å². The number of nitrogens with one attached hydrogen (secondary N) is 1. The molecule has 1 heterocycles. The Bertz CT molecular complexity index is 907. The fraction of sp³-hybridized carbons (Fsp3) is 0.0588. The number of nitrogens with zero attached hydrogens (tertiary/aromatic N) is 1. The zero-order valence-corrected chi connectivity index (χ0v) is 15.5. The van der Waals surface area contributed by atoms with E-state index in [1.54, 1.807) is 6.07 Å². The van der Waals surface area contributed by atoms with Crippen molar-refractivity contribution in [1.29, 1.82) is 0 Å². The van der Waals surface area contributed by atoms with E-state index >= 15 is 0 Å². The van der Waals surface area contributed by atoms with Gasteiger partial charge in [-0.3, -0.25) is 10.1 Å². The first-order chi connectivity index (χ1) is 11.5. The molecule has 1 N–H and O–H groups in total. The first-order valence-corrected chi connectivity index (χ1v) is 8.94. The highest BCUT2D eigenvalue weighted by molar-refractivity contribution is 7.14. The number of carbonyl (C=O) groups is 1. The Kier molecular flexibility index (Phi) is 5.11. The summed E-state index contributed by atoms with van der Waals surface area (Å²) in [7, 11) is 0. The maximum Gasteiger partial charge on any atom is 0.260 e. The summed E-state index contributed by atoms with van der Waals surface area (Å²) in [6, 6.07) is 11.1. The van der Waals surface area contributed by atoms with E-state index in [9.17, 15) is 4.79 Å². The largest absolute Gasteiger partial charge is 0.298 e. The van der Waals surface area contributed by atoms with Crippen molar-refractivity contribution in [2.24, 2.45) is 0 Å². The van der Waals surface area contributed by atoms with Crippen LogP contribution in [0.25, 0.3) is 11.3 Å². The number of thiazole rings is 1. The Morgan fingerprint density at radius 1 is 1.04 bits per heavy atom. The number of aryl methyl sites for hydroxylation is 1. The van der Waals surface area contributed by atoms with Gasteiger partial charge in [-0.05, 0) is 19.1 Å². The van der Waals surface area contributed by atoms with Crippen LogP contribution in [0, 0.1) is 6.92 Å². The third-order valence-electron chi connectivity index (χ3n) is 3.34. The second-order valence-electron chi connectivity index (χ2n) is 5.08.